The Balaban J connectivity index is 2.03. The predicted octanol–water partition coefficient (Wildman–Crippen LogP) is 2.58. The highest BCUT2D eigenvalue weighted by atomic mass is 79.9. The molecule has 0 saturated carbocycles. The molecule has 0 spiro atoms. The number of hydrogen-bond acceptors (Lipinski definition) is 4. The molecule has 1 heterocycles. The van der Waals surface area contributed by atoms with Gasteiger partial charge < -0.3 is 10.6 Å². The Morgan fingerprint density at radius 3 is 2.91 bits per heavy atom. The summed E-state index contributed by atoms with van der Waals surface area (Å²) >= 11 is 9.28. The van der Waals surface area contributed by atoms with Gasteiger partial charge in [0, 0.05) is 24.6 Å². The third kappa shape index (κ3) is 4.31. The van der Waals surface area contributed by atoms with Crippen LogP contribution in [-0.4, -0.2) is 41.3 Å². The molecule has 116 valence electrons. The van der Waals surface area contributed by atoms with Crippen LogP contribution in [0.3, 0.4) is 0 Å². The molecule has 0 radical (unpaired) electrons. The Hall–Kier alpha value is -1.38. The number of halogens is 1. The third-order valence-corrected chi connectivity index (χ3v) is 4.62. The zero-order valence-electron chi connectivity index (χ0n) is 11.8. The molecule has 0 bridgehead atoms. The van der Waals surface area contributed by atoms with Crippen molar-refractivity contribution < 1.29 is 9.59 Å². The summed E-state index contributed by atoms with van der Waals surface area (Å²) in [6.45, 7) is 0.699. The highest BCUT2D eigenvalue weighted by molar-refractivity contribution is 9.10. The van der Waals surface area contributed by atoms with Gasteiger partial charge in [-0.15, -0.1) is 0 Å². The number of amides is 2. The summed E-state index contributed by atoms with van der Waals surface area (Å²) in [5.41, 5.74) is 0.870. The monoisotopic (exact) mass is 399 g/mol. The van der Waals surface area contributed by atoms with Gasteiger partial charge in [0.1, 0.15) is 0 Å². The Labute approximate surface area is 146 Å². The van der Waals surface area contributed by atoms with E-state index in [4.69, 9.17) is 12.2 Å². The first-order chi connectivity index (χ1) is 10.5. The fourth-order valence-electron chi connectivity index (χ4n) is 1.81. The van der Waals surface area contributed by atoms with E-state index in [-0.39, 0.29) is 17.7 Å². The molecule has 1 fully saturated rings. The van der Waals surface area contributed by atoms with E-state index in [0.29, 0.717) is 16.6 Å². The molecule has 8 heteroatoms. The molecule has 1 aliphatic rings. The molecule has 1 saturated heterocycles. The first-order valence-electron chi connectivity index (χ1n) is 6.48. The molecule has 2 rings (SSSR count). The molecule has 2 N–H and O–H groups in total. The lowest BCUT2D eigenvalue weighted by Gasteiger charge is -2.13. The molecule has 0 aliphatic carbocycles. The van der Waals surface area contributed by atoms with Gasteiger partial charge in [-0.05, 0) is 47.8 Å². The van der Waals surface area contributed by atoms with Crippen LogP contribution >= 0.6 is 39.9 Å². The van der Waals surface area contributed by atoms with Crippen LogP contribution < -0.4 is 10.6 Å². The SMILES string of the molecule is CNC(=S)NCCN1C(=O)S/C(=C\c2cccc(Br)c2)C1=O. The van der Waals surface area contributed by atoms with Gasteiger partial charge in [-0.1, -0.05) is 28.1 Å². The quantitative estimate of drug-likeness (QED) is 0.599. The molecule has 0 atom stereocenters. The van der Waals surface area contributed by atoms with Crippen LogP contribution in [0.5, 0.6) is 0 Å². The Morgan fingerprint density at radius 1 is 1.45 bits per heavy atom. The predicted molar refractivity (Wildman–Crippen MR) is 96.5 cm³/mol. The molecule has 1 aromatic rings. The first kappa shape index (κ1) is 17.0. The fourth-order valence-corrected chi connectivity index (χ4v) is 3.19. The molecule has 1 aliphatic heterocycles. The standard InChI is InChI=1S/C14H14BrN3O2S2/c1-16-13(21)17-5-6-18-12(19)11(22-14(18)20)8-9-3-2-4-10(15)7-9/h2-4,7-8H,5-6H2,1H3,(H2,16,17,21)/b11-8-. The summed E-state index contributed by atoms with van der Waals surface area (Å²) in [4.78, 5) is 25.9. The lowest BCUT2D eigenvalue weighted by atomic mass is 10.2. The van der Waals surface area contributed by atoms with Crippen molar-refractivity contribution in [3.05, 3.63) is 39.2 Å². The van der Waals surface area contributed by atoms with Gasteiger partial charge in [-0.25, -0.2) is 0 Å². The minimum absolute atomic E-state index is 0.261. The number of carbonyl (C=O) groups is 2. The number of nitrogens with zero attached hydrogens (tertiary/aromatic N) is 1. The number of thioether (sulfide) groups is 1. The summed E-state index contributed by atoms with van der Waals surface area (Å²) in [7, 11) is 1.70. The maximum Gasteiger partial charge on any atom is 0.293 e. The van der Waals surface area contributed by atoms with Gasteiger partial charge >= 0.3 is 0 Å². The van der Waals surface area contributed by atoms with Crippen LogP contribution in [0.25, 0.3) is 6.08 Å². The van der Waals surface area contributed by atoms with Crippen LogP contribution in [0.15, 0.2) is 33.6 Å². The van der Waals surface area contributed by atoms with Crippen LogP contribution in [0.2, 0.25) is 0 Å². The maximum absolute atomic E-state index is 12.3. The molecule has 22 heavy (non-hydrogen) atoms. The second kappa shape index (κ2) is 7.75. The molecule has 1 aromatic carbocycles. The number of thiocarbonyl (C=S) groups is 1. The lowest BCUT2D eigenvalue weighted by molar-refractivity contribution is -0.122. The zero-order chi connectivity index (χ0) is 16.1. The number of hydrogen-bond donors (Lipinski definition) is 2. The van der Waals surface area contributed by atoms with E-state index in [1.165, 1.54) is 4.90 Å². The summed E-state index contributed by atoms with van der Waals surface area (Å²) in [5, 5.41) is 5.90. The molecular formula is C14H14BrN3O2S2. The Morgan fingerprint density at radius 2 is 2.23 bits per heavy atom. The van der Waals surface area contributed by atoms with E-state index in [1.54, 1.807) is 13.1 Å². The molecule has 0 unspecified atom stereocenters. The van der Waals surface area contributed by atoms with Crippen molar-refractivity contribution in [3.63, 3.8) is 0 Å². The van der Waals surface area contributed by atoms with Crippen molar-refractivity contribution in [3.8, 4) is 0 Å². The first-order valence-corrected chi connectivity index (χ1v) is 8.49. The third-order valence-electron chi connectivity index (χ3n) is 2.87. The van der Waals surface area contributed by atoms with Crippen LogP contribution in [0.4, 0.5) is 4.79 Å². The molecular weight excluding hydrogens is 386 g/mol. The molecule has 2 amide bonds. The maximum atomic E-state index is 12.3. The van der Waals surface area contributed by atoms with Gasteiger partial charge in [0.05, 0.1) is 4.91 Å². The van der Waals surface area contributed by atoms with E-state index in [9.17, 15) is 9.59 Å². The van der Waals surface area contributed by atoms with E-state index in [0.717, 1.165) is 21.8 Å². The normalized spacial score (nSPS) is 16.3. The minimum Gasteiger partial charge on any atom is -0.366 e. The smallest absolute Gasteiger partial charge is 0.293 e. The highest BCUT2D eigenvalue weighted by Crippen LogP contribution is 2.32. The average Bonchev–Trinajstić information content (AvgIpc) is 2.74. The number of nitrogens with one attached hydrogen (secondary N) is 2. The van der Waals surface area contributed by atoms with Crippen molar-refractivity contribution in [1.82, 2.24) is 15.5 Å². The van der Waals surface area contributed by atoms with E-state index >= 15 is 0 Å². The van der Waals surface area contributed by atoms with Gasteiger partial charge in [0.2, 0.25) is 0 Å². The van der Waals surface area contributed by atoms with Crippen molar-refractivity contribution in [2.75, 3.05) is 20.1 Å². The number of rotatable bonds is 4. The van der Waals surface area contributed by atoms with E-state index < -0.39 is 0 Å². The van der Waals surface area contributed by atoms with Gasteiger partial charge in [-0.3, -0.25) is 14.5 Å². The Kier molecular flexibility index (Phi) is 5.98. The average molecular weight is 400 g/mol. The number of benzene rings is 1. The highest BCUT2D eigenvalue weighted by Gasteiger charge is 2.34. The molecule has 0 aromatic heterocycles. The fraction of sp³-hybridized carbons (Fsp3) is 0.214. The van der Waals surface area contributed by atoms with Gasteiger partial charge in [0.15, 0.2) is 5.11 Å². The second-order valence-corrected chi connectivity index (χ2v) is 6.71. The minimum atomic E-state index is -0.271. The van der Waals surface area contributed by atoms with Gasteiger partial charge in [0.25, 0.3) is 11.1 Å². The summed E-state index contributed by atoms with van der Waals surface area (Å²) in [6, 6.07) is 7.55. The van der Waals surface area contributed by atoms with Crippen molar-refractivity contribution in [2.24, 2.45) is 0 Å². The van der Waals surface area contributed by atoms with Crippen LogP contribution in [0.1, 0.15) is 5.56 Å². The lowest BCUT2D eigenvalue weighted by Crippen LogP contribution is -2.40. The number of carbonyl (C=O) groups excluding carboxylic acids is 2. The van der Waals surface area contributed by atoms with Crippen molar-refractivity contribution in [1.29, 1.82) is 0 Å². The topological polar surface area (TPSA) is 61.4 Å². The number of imide groups is 1. The largest absolute Gasteiger partial charge is 0.366 e. The van der Waals surface area contributed by atoms with Crippen molar-refractivity contribution >= 4 is 62.2 Å². The van der Waals surface area contributed by atoms with Crippen LogP contribution in [0, 0.1) is 0 Å². The Bertz CT molecular complexity index is 649. The van der Waals surface area contributed by atoms with E-state index in [2.05, 4.69) is 26.6 Å². The second-order valence-electron chi connectivity index (χ2n) is 4.39. The van der Waals surface area contributed by atoms with E-state index in [1.807, 2.05) is 24.3 Å². The summed E-state index contributed by atoms with van der Waals surface area (Å²) < 4.78 is 0.922. The summed E-state index contributed by atoms with van der Waals surface area (Å²) in [5.74, 6) is -0.271. The van der Waals surface area contributed by atoms with Crippen LogP contribution in [-0.2, 0) is 4.79 Å². The zero-order valence-corrected chi connectivity index (χ0v) is 15.0. The summed E-state index contributed by atoms with van der Waals surface area (Å²) in [6.07, 6.45) is 1.72. The van der Waals surface area contributed by atoms with Gasteiger partial charge in [-0.2, -0.15) is 0 Å². The molecule has 5 nitrogen and oxygen atoms in total. The van der Waals surface area contributed by atoms with Crippen molar-refractivity contribution in [2.45, 2.75) is 0 Å².